The maximum Gasteiger partial charge on any atom is 0.0711 e. The van der Waals surface area contributed by atoms with Gasteiger partial charge in [0, 0.05) is 4.70 Å². The summed E-state index contributed by atoms with van der Waals surface area (Å²) < 4.78 is 2.56. The number of thiophene rings is 1. The van der Waals surface area contributed by atoms with Crippen LogP contribution >= 0.6 is 27.3 Å². The van der Waals surface area contributed by atoms with Crippen molar-refractivity contribution in [3.05, 3.63) is 33.6 Å². The number of rotatable bonds is 0. The van der Waals surface area contributed by atoms with Gasteiger partial charge >= 0.3 is 0 Å². The van der Waals surface area contributed by atoms with Gasteiger partial charge in [0.1, 0.15) is 0 Å². The van der Waals surface area contributed by atoms with Gasteiger partial charge in [-0.25, -0.2) is 0 Å². The molecule has 0 aliphatic heterocycles. The number of halogens is 1. The highest BCUT2D eigenvalue weighted by atomic mass is 79.9. The molecule has 1 heterocycles. The maximum absolute atomic E-state index is 3.52. The average Bonchev–Trinajstić information content (AvgIpc) is 2.41. The van der Waals surface area contributed by atoms with Crippen LogP contribution in [0.1, 0.15) is 26.3 Å². The Balaban J connectivity index is 2.62. The second kappa shape index (κ2) is 3.35. The van der Waals surface area contributed by atoms with E-state index in [-0.39, 0.29) is 5.41 Å². The van der Waals surface area contributed by atoms with Crippen LogP contribution in [0.15, 0.2) is 28.1 Å². The van der Waals surface area contributed by atoms with Crippen LogP contribution in [-0.2, 0) is 5.41 Å². The number of fused-ring (bicyclic) bond motifs is 1. The first kappa shape index (κ1) is 10.2. The molecule has 1 aromatic heterocycles. The molecule has 1 aromatic carbocycles. The van der Waals surface area contributed by atoms with Crippen LogP contribution in [0.25, 0.3) is 10.1 Å². The summed E-state index contributed by atoms with van der Waals surface area (Å²) >= 11 is 5.31. The van der Waals surface area contributed by atoms with Gasteiger partial charge in [-0.05, 0) is 50.5 Å². The van der Waals surface area contributed by atoms with E-state index in [1.165, 1.54) is 19.4 Å². The van der Waals surface area contributed by atoms with E-state index in [0.717, 1.165) is 0 Å². The van der Waals surface area contributed by atoms with E-state index in [9.17, 15) is 0 Å². The molecule has 0 unspecified atom stereocenters. The van der Waals surface area contributed by atoms with Crippen molar-refractivity contribution in [2.24, 2.45) is 0 Å². The van der Waals surface area contributed by atoms with Crippen molar-refractivity contribution in [2.45, 2.75) is 26.2 Å². The summed E-state index contributed by atoms with van der Waals surface area (Å²) in [5.41, 5.74) is 1.64. The van der Waals surface area contributed by atoms with Crippen molar-refractivity contribution in [2.75, 3.05) is 0 Å². The minimum Gasteiger partial charge on any atom is -0.128 e. The van der Waals surface area contributed by atoms with Gasteiger partial charge in [0.05, 0.1) is 3.79 Å². The molecule has 0 saturated carbocycles. The third-order valence-corrected chi connectivity index (χ3v) is 3.97. The summed E-state index contributed by atoms with van der Waals surface area (Å²) in [5, 5.41) is 1.34. The molecule has 2 aromatic rings. The monoisotopic (exact) mass is 268 g/mol. The molecule has 14 heavy (non-hydrogen) atoms. The van der Waals surface area contributed by atoms with Gasteiger partial charge in [-0.3, -0.25) is 0 Å². The summed E-state index contributed by atoms with van der Waals surface area (Å²) in [5.74, 6) is 0. The zero-order valence-corrected chi connectivity index (χ0v) is 11.0. The van der Waals surface area contributed by atoms with E-state index in [0.29, 0.717) is 0 Å². The molecule has 0 N–H and O–H groups in total. The van der Waals surface area contributed by atoms with Crippen molar-refractivity contribution >= 4 is 37.4 Å². The van der Waals surface area contributed by atoms with E-state index in [2.05, 4.69) is 61.0 Å². The predicted octanol–water partition coefficient (Wildman–Crippen LogP) is 4.96. The lowest BCUT2D eigenvalue weighted by molar-refractivity contribution is 0.591. The molecule has 0 aliphatic rings. The van der Waals surface area contributed by atoms with Crippen molar-refractivity contribution in [1.29, 1.82) is 0 Å². The molecule has 0 fully saturated rings. The molecule has 2 heteroatoms. The first-order chi connectivity index (χ1) is 6.47. The van der Waals surface area contributed by atoms with Gasteiger partial charge in [-0.2, -0.15) is 0 Å². The topological polar surface area (TPSA) is 0 Å². The van der Waals surface area contributed by atoms with E-state index >= 15 is 0 Å². The molecule has 74 valence electrons. The molecule has 0 radical (unpaired) electrons. The fourth-order valence-corrected chi connectivity index (χ4v) is 3.02. The molecule has 0 nitrogen and oxygen atoms in total. The Bertz CT molecular complexity index is 463. The molecule has 0 atom stereocenters. The number of hydrogen-bond donors (Lipinski definition) is 0. The van der Waals surface area contributed by atoms with E-state index in [4.69, 9.17) is 0 Å². The van der Waals surface area contributed by atoms with Gasteiger partial charge in [0.2, 0.25) is 0 Å². The van der Waals surface area contributed by atoms with Gasteiger partial charge in [-0.1, -0.05) is 26.8 Å². The SMILES string of the molecule is CC(C)(C)c1ccc2sc(Br)cc2c1. The Morgan fingerprint density at radius 2 is 1.86 bits per heavy atom. The third-order valence-electron chi connectivity index (χ3n) is 2.35. The van der Waals surface area contributed by atoms with Crippen molar-refractivity contribution in [3.8, 4) is 0 Å². The Kier molecular flexibility index (Phi) is 2.44. The first-order valence-corrected chi connectivity index (χ1v) is 6.27. The quantitative estimate of drug-likeness (QED) is 0.634. The van der Waals surface area contributed by atoms with Gasteiger partial charge in [0.15, 0.2) is 0 Å². The van der Waals surface area contributed by atoms with Crippen molar-refractivity contribution < 1.29 is 0 Å². The summed E-state index contributed by atoms with van der Waals surface area (Å²) in [6, 6.07) is 8.92. The van der Waals surface area contributed by atoms with Crippen LogP contribution in [0.4, 0.5) is 0 Å². The molecular weight excluding hydrogens is 256 g/mol. The van der Waals surface area contributed by atoms with Gasteiger partial charge in [0.25, 0.3) is 0 Å². The Labute approximate surface area is 97.1 Å². The van der Waals surface area contributed by atoms with Gasteiger partial charge < -0.3 is 0 Å². The lowest BCUT2D eigenvalue weighted by Gasteiger charge is -2.18. The molecule has 0 bridgehead atoms. The average molecular weight is 269 g/mol. The van der Waals surface area contributed by atoms with Crippen LogP contribution < -0.4 is 0 Å². The van der Waals surface area contributed by atoms with Crippen molar-refractivity contribution in [3.63, 3.8) is 0 Å². The van der Waals surface area contributed by atoms with Crippen molar-refractivity contribution in [1.82, 2.24) is 0 Å². The van der Waals surface area contributed by atoms with E-state index < -0.39 is 0 Å². The van der Waals surface area contributed by atoms with Crippen LogP contribution in [0.2, 0.25) is 0 Å². The largest absolute Gasteiger partial charge is 0.128 e. The van der Waals surface area contributed by atoms with E-state index in [1.54, 1.807) is 11.3 Å². The summed E-state index contributed by atoms with van der Waals surface area (Å²) in [6.45, 7) is 6.74. The molecule has 0 amide bonds. The molecule has 2 rings (SSSR count). The number of hydrogen-bond acceptors (Lipinski definition) is 1. The highest BCUT2D eigenvalue weighted by Crippen LogP contribution is 2.33. The van der Waals surface area contributed by atoms with Crippen LogP contribution in [0.3, 0.4) is 0 Å². The predicted molar refractivity (Wildman–Crippen MR) is 68.2 cm³/mol. The first-order valence-electron chi connectivity index (χ1n) is 4.66. The molecule has 0 saturated heterocycles. The normalized spacial score (nSPS) is 12.3. The Hall–Kier alpha value is -0.340. The Morgan fingerprint density at radius 3 is 2.50 bits per heavy atom. The standard InChI is InChI=1S/C12H13BrS/c1-12(2,3)9-4-5-10-8(6-9)7-11(13)14-10/h4-7H,1-3H3. The minimum atomic E-state index is 0.239. The fraction of sp³-hybridized carbons (Fsp3) is 0.333. The van der Waals surface area contributed by atoms with Crippen LogP contribution in [0, 0.1) is 0 Å². The third kappa shape index (κ3) is 1.86. The number of benzene rings is 1. The molecular formula is C12H13BrS. The zero-order valence-electron chi connectivity index (χ0n) is 8.60. The van der Waals surface area contributed by atoms with Crippen LogP contribution in [0.5, 0.6) is 0 Å². The highest BCUT2D eigenvalue weighted by Gasteiger charge is 2.14. The lowest BCUT2D eigenvalue weighted by Crippen LogP contribution is -2.10. The fourth-order valence-electron chi connectivity index (χ4n) is 1.48. The summed E-state index contributed by atoms with van der Waals surface area (Å²) in [6.07, 6.45) is 0. The molecule has 0 aliphatic carbocycles. The summed E-state index contributed by atoms with van der Waals surface area (Å²) in [7, 11) is 0. The van der Waals surface area contributed by atoms with Crippen LogP contribution in [-0.4, -0.2) is 0 Å². The second-order valence-electron chi connectivity index (χ2n) is 4.55. The maximum atomic E-state index is 3.52. The Morgan fingerprint density at radius 1 is 1.14 bits per heavy atom. The molecule has 0 spiro atoms. The summed E-state index contributed by atoms with van der Waals surface area (Å²) in [4.78, 5) is 0. The van der Waals surface area contributed by atoms with E-state index in [1.807, 2.05) is 0 Å². The minimum absolute atomic E-state index is 0.239. The van der Waals surface area contributed by atoms with Gasteiger partial charge in [-0.15, -0.1) is 11.3 Å². The lowest BCUT2D eigenvalue weighted by atomic mass is 9.87. The second-order valence-corrected chi connectivity index (χ2v) is 7.02. The smallest absolute Gasteiger partial charge is 0.0711 e. The highest BCUT2D eigenvalue weighted by molar-refractivity contribution is 9.11. The zero-order chi connectivity index (χ0) is 10.3.